The molecule has 0 unspecified atom stereocenters. The summed E-state index contributed by atoms with van der Waals surface area (Å²) >= 11 is 0. The van der Waals surface area contributed by atoms with E-state index in [0.717, 1.165) is 32.4 Å². The molecule has 3 nitrogen and oxygen atoms in total. The summed E-state index contributed by atoms with van der Waals surface area (Å²) in [5, 5.41) is 14.8. The number of nitrogens with zero attached hydrogens (tertiary/aromatic N) is 2. The zero-order chi connectivity index (χ0) is 9.23. The fraction of sp³-hybridized carbons (Fsp3) is 0.889. The van der Waals surface area contributed by atoms with E-state index in [9.17, 15) is 0 Å². The van der Waals surface area contributed by atoms with Gasteiger partial charge in [-0.2, -0.15) is 5.10 Å². The summed E-state index contributed by atoms with van der Waals surface area (Å²) < 4.78 is 0. The van der Waals surface area contributed by atoms with E-state index in [1.807, 2.05) is 11.2 Å². The molecule has 0 saturated heterocycles. The van der Waals surface area contributed by atoms with Gasteiger partial charge in [0, 0.05) is 25.9 Å². The van der Waals surface area contributed by atoms with Gasteiger partial charge in [0.1, 0.15) is 0 Å². The summed E-state index contributed by atoms with van der Waals surface area (Å²) in [6.07, 6.45) is 4.81. The van der Waals surface area contributed by atoms with Gasteiger partial charge in [-0.05, 0) is 33.1 Å². The molecule has 0 aromatic rings. The molecule has 3 heteroatoms. The van der Waals surface area contributed by atoms with Crippen LogP contribution in [-0.4, -0.2) is 36.0 Å². The lowest BCUT2D eigenvalue weighted by Gasteiger charge is -2.12. The third-order valence-corrected chi connectivity index (χ3v) is 1.72. The lowest BCUT2D eigenvalue weighted by atomic mass is 10.3. The highest BCUT2D eigenvalue weighted by Gasteiger charge is 1.89. The second-order valence-corrected chi connectivity index (χ2v) is 2.66. The van der Waals surface area contributed by atoms with Gasteiger partial charge in [0.15, 0.2) is 0 Å². The van der Waals surface area contributed by atoms with Gasteiger partial charge in [0.05, 0.1) is 0 Å². The molecule has 0 aliphatic carbocycles. The average molecular weight is 172 g/mol. The van der Waals surface area contributed by atoms with Crippen LogP contribution >= 0.6 is 0 Å². The summed E-state index contributed by atoms with van der Waals surface area (Å²) in [5.74, 6) is 0. The Morgan fingerprint density at radius 1 is 1.25 bits per heavy atom. The van der Waals surface area contributed by atoms with Gasteiger partial charge in [-0.1, -0.05) is 0 Å². The van der Waals surface area contributed by atoms with E-state index in [0.29, 0.717) is 6.61 Å². The number of hydrogen-bond donors (Lipinski definition) is 1. The molecule has 0 radical (unpaired) electrons. The smallest absolute Gasteiger partial charge is 0.0431 e. The van der Waals surface area contributed by atoms with Crippen molar-refractivity contribution in [2.45, 2.75) is 33.1 Å². The van der Waals surface area contributed by atoms with Gasteiger partial charge >= 0.3 is 0 Å². The van der Waals surface area contributed by atoms with Gasteiger partial charge in [-0.25, -0.2) is 0 Å². The number of aliphatic hydroxyl groups excluding tert-OH is 1. The van der Waals surface area contributed by atoms with Gasteiger partial charge in [-0.15, -0.1) is 0 Å². The van der Waals surface area contributed by atoms with Gasteiger partial charge in [0.25, 0.3) is 0 Å². The molecular weight excluding hydrogens is 152 g/mol. The Bertz CT molecular complexity index is 111. The molecule has 0 heterocycles. The first kappa shape index (κ1) is 11.4. The van der Waals surface area contributed by atoms with Crippen LogP contribution in [0.1, 0.15) is 33.1 Å². The molecule has 0 aromatic heterocycles. The predicted molar refractivity (Wildman–Crippen MR) is 52.3 cm³/mol. The van der Waals surface area contributed by atoms with E-state index in [-0.39, 0.29) is 0 Å². The molecule has 12 heavy (non-hydrogen) atoms. The molecule has 0 amide bonds. The van der Waals surface area contributed by atoms with Crippen molar-refractivity contribution in [1.29, 1.82) is 0 Å². The van der Waals surface area contributed by atoms with E-state index < -0.39 is 0 Å². The first-order valence-corrected chi connectivity index (χ1v) is 4.73. The molecule has 0 aliphatic rings. The van der Waals surface area contributed by atoms with E-state index >= 15 is 0 Å². The molecule has 0 aliphatic heterocycles. The van der Waals surface area contributed by atoms with Crippen molar-refractivity contribution in [3.05, 3.63) is 0 Å². The summed E-state index contributed by atoms with van der Waals surface area (Å²) in [5.41, 5.74) is 0. The lowest BCUT2D eigenvalue weighted by Crippen LogP contribution is -2.15. The van der Waals surface area contributed by atoms with E-state index in [4.69, 9.17) is 5.11 Å². The number of unbranched alkanes of at least 4 members (excludes halogenated alkanes) is 2. The van der Waals surface area contributed by atoms with Crippen molar-refractivity contribution in [2.75, 3.05) is 19.7 Å². The Hall–Kier alpha value is -0.570. The van der Waals surface area contributed by atoms with Crippen LogP contribution in [-0.2, 0) is 0 Å². The quantitative estimate of drug-likeness (QED) is 0.358. The van der Waals surface area contributed by atoms with E-state index in [1.165, 1.54) is 0 Å². The largest absolute Gasteiger partial charge is 0.396 e. The maximum Gasteiger partial charge on any atom is 0.0431 e. The minimum absolute atomic E-state index is 0.291. The summed E-state index contributed by atoms with van der Waals surface area (Å²) in [6.45, 7) is 6.40. The SMILES string of the molecule is CCN(CC)/N=C/CCCCO. The van der Waals surface area contributed by atoms with Crippen LogP contribution in [0.5, 0.6) is 0 Å². The van der Waals surface area contributed by atoms with Crippen molar-refractivity contribution < 1.29 is 5.11 Å². The first-order chi connectivity index (χ1) is 5.85. The van der Waals surface area contributed by atoms with E-state index in [1.54, 1.807) is 0 Å². The van der Waals surface area contributed by atoms with Crippen LogP contribution in [0.15, 0.2) is 5.10 Å². The van der Waals surface area contributed by atoms with Crippen molar-refractivity contribution >= 4 is 6.21 Å². The topological polar surface area (TPSA) is 35.8 Å². The molecule has 0 aromatic carbocycles. The number of hydrazone groups is 1. The second kappa shape index (κ2) is 8.53. The molecule has 72 valence electrons. The third kappa shape index (κ3) is 6.16. The van der Waals surface area contributed by atoms with Gasteiger partial charge in [-0.3, -0.25) is 5.01 Å². The zero-order valence-electron chi connectivity index (χ0n) is 8.16. The predicted octanol–water partition coefficient (Wildman–Crippen LogP) is 1.48. The fourth-order valence-electron chi connectivity index (χ4n) is 0.908. The van der Waals surface area contributed by atoms with E-state index in [2.05, 4.69) is 18.9 Å². The minimum Gasteiger partial charge on any atom is -0.396 e. The third-order valence-electron chi connectivity index (χ3n) is 1.72. The van der Waals surface area contributed by atoms with Gasteiger partial charge < -0.3 is 5.11 Å². The highest BCUT2D eigenvalue weighted by molar-refractivity contribution is 5.56. The summed E-state index contributed by atoms with van der Waals surface area (Å²) in [4.78, 5) is 0. The van der Waals surface area contributed by atoms with Crippen molar-refractivity contribution in [3.63, 3.8) is 0 Å². The number of aliphatic hydroxyl groups is 1. The highest BCUT2D eigenvalue weighted by Crippen LogP contribution is 1.92. The van der Waals surface area contributed by atoms with Crippen LogP contribution in [0, 0.1) is 0 Å². The maximum absolute atomic E-state index is 8.51. The molecule has 0 fully saturated rings. The van der Waals surface area contributed by atoms with Crippen LogP contribution in [0.25, 0.3) is 0 Å². The van der Waals surface area contributed by atoms with Crippen LogP contribution in [0.2, 0.25) is 0 Å². The summed E-state index contributed by atoms with van der Waals surface area (Å²) in [6, 6.07) is 0. The van der Waals surface area contributed by atoms with Crippen LogP contribution in [0.4, 0.5) is 0 Å². The molecule has 0 spiro atoms. The number of rotatable bonds is 7. The maximum atomic E-state index is 8.51. The molecular formula is C9H20N2O. The minimum atomic E-state index is 0.291. The lowest BCUT2D eigenvalue weighted by molar-refractivity contribution is 0.285. The molecule has 0 saturated carbocycles. The highest BCUT2D eigenvalue weighted by atomic mass is 16.2. The normalized spacial score (nSPS) is 10.9. The Labute approximate surface area is 75.1 Å². The fourth-order valence-corrected chi connectivity index (χ4v) is 0.908. The molecule has 0 rings (SSSR count). The average Bonchev–Trinajstić information content (AvgIpc) is 2.11. The standard InChI is InChI=1S/C9H20N2O/c1-3-11(4-2)10-8-6-5-7-9-12/h8,12H,3-7,9H2,1-2H3/b10-8+. The van der Waals surface area contributed by atoms with Gasteiger partial charge in [0.2, 0.25) is 0 Å². The van der Waals surface area contributed by atoms with Crippen molar-refractivity contribution in [2.24, 2.45) is 5.10 Å². The monoisotopic (exact) mass is 172 g/mol. The van der Waals surface area contributed by atoms with Crippen molar-refractivity contribution in [1.82, 2.24) is 5.01 Å². The zero-order valence-corrected chi connectivity index (χ0v) is 8.16. The molecule has 0 atom stereocenters. The second-order valence-electron chi connectivity index (χ2n) is 2.66. The van der Waals surface area contributed by atoms with Crippen LogP contribution < -0.4 is 0 Å². The van der Waals surface area contributed by atoms with Crippen LogP contribution in [0.3, 0.4) is 0 Å². The Balaban J connectivity index is 3.32. The first-order valence-electron chi connectivity index (χ1n) is 4.73. The molecule has 1 N–H and O–H groups in total. The Morgan fingerprint density at radius 3 is 2.42 bits per heavy atom. The number of hydrogen-bond acceptors (Lipinski definition) is 3. The Morgan fingerprint density at radius 2 is 1.92 bits per heavy atom. The Kier molecular flexibility index (Phi) is 8.12. The summed E-state index contributed by atoms with van der Waals surface area (Å²) in [7, 11) is 0. The molecule has 0 bridgehead atoms. The van der Waals surface area contributed by atoms with Crippen molar-refractivity contribution in [3.8, 4) is 0 Å².